The number of carbonyl (C=O) groups excluding carboxylic acids is 2. The minimum atomic E-state index is -0.654. The molecule has 0 aromatic heterocycles. The van der Waals surface area contributed by atoms with Crippen LogP contribution < -0.4 is 25.6 Å². The van der Waals surface area contributed by atoms with Gasteiger partial charge in [-0.1, -0.05) is 6.07 Å². The molecule has 9 nitrogen and oxygen atoms in total. The van der Waals surface area contributed by atoms with Gasteiger partial charge >= 0.3 is 12.2 Å². The van der Waals surface area contributed by atoms with E-state index in [0.717, 1.165) is 5.56 Å². The summed E-state index contributed by atoms with van der Waals surface area (Å²) in [4.78, 5) is 28.5. The molecule has 0 spiro atoms. The van der Waals surface area contributed by atoms with Crippen LogP contribution in [0.3, 0.4) is 0 Å². The molecule has 0 bridgehead atoms. The number of halogens is 1. The molecule has 1 aliphatic rings. The Labute approximate surface area is 191 Å². The van der Waals surface area contributed by atoms with Gasteiger partial charge in [0.05, 0.1) is 37.7 Å². The molecular formula is C23H29FN4O5. The number of nitrogens with zero attached hydrogens (tertiary/aromatic N) is 2. The van der Waals surface area contributed by atoms with E-state index < -0.39 is 18.0 Å². The fourth-order valence-electron chi connectivity index (χ4n) is 3.80. The van der Waals surface area contributed by atoms with E-state index >= 15 is 0 Å². The summed E-state index contributed by atoms with van der Waals surface area (Å²) in [6.07, 6.45) is -1.19. The largest absolute Gasteiger partial charge is 0.452 e. The van der Waals surface area contributed by atoms with Crippen LogP contribution in [-0.2, 0) is 4.74 Å². The first-order valence-electron chi connectivity index (χ1n) is 10.7. The minimum absolute atomic E-state index is 0.0104. The normalized spacial score (nSPS) is 16.2. The van der Waals surface area contributed by atoms with Crippen molar-refractivity contribution in [2.45, 2.75) is 18.9 Å². The maximum absolute atomic E-state index is 13.2. The van der Waals surface area contributed by atoms with E-state index in [4.69, 9.17) is 20.3 Å². The number of amides is 2. The molecule has 0 saturated heterocycles. The second kappa shape index (κ2) is 11.1. The van der Waals surface area contributed by atoms with Gasteiger partial charge in [0, 0.05) is 25.6 Å². The zero-order valence-corrected chi connectivity index (χ0v) is 18.7. The molecule has 2 atom stereocenters. The van der Waals surface area contributed by atoms with E-state index in [1.54, 1.807) is 19.1 Å². The first-order valence-corrected chi connectivity index (χ1v) is 10.7. The second-order valence-electron chi connectivity index (χ2n) is 7.73. The van der Waals surface area contributed by atoms with Gasteiger partial charge < -0.3 is 25.6 Å². The van der Waals surface area contributed by atoms with Crippen molar-refractivity contribution in [1.29, 1.82) is 0 Å². The summed E-state index contributed by atoms with van der Waals surface area (Å²) < 4.78 is 23.6. The maximum atomic E-state index is 13.2. The number of aliphatic hydroxyl groups is 1. The molecule has 1 heterocycles. The van der Waals surface area contributed by atoms with Crippen LogP contribution in [0.25, 0.3) is 0 Å². The standard InChI is InChI=1S/C23H29FN4O5/c1-15-14-27(22(30)33-19-6-4-18(24)5-7-19)21-11-16(17(12-25)13-26-9-10-29)3-8-20(21)28(15)23(31)32-2/h3-8,11,15,17,26,29H,9-10,12-14,25H2,1-2H3/t15-,17?/m0/s1. The molecule has 0 saturated carbocycles. The van der Waals surface area contributed by atoms with Gasteiger partial charge in [0.1, 0.15) is 11.6 Å². The van der Waals surface area contributed by atoms with Crippen molar-refractivity contribution in [3.05, 3.63) is 53.8 Å². The number of aliphatic hydroxyl groups excluding tert-OH is 1. The van der Waals surface area contributed by atoms with Gasteiger partial charge in [0.2, 0.25) is 0 Å². The van der Waals surface area contributed by atoms with Gasteiger partial charge in [-0.25, -0.2) is 14.0 Å². The van der Waals surface area contributed by atoms with E-state index in [2.05, 4.69) is 5.32 Å². The Morgan fingerprint density at radius 1 is 1.21 bits per heavy atom. The molecule has 3 rings (SSSR count). The van der Waals surface area contributed by atoms with E-state index in [1.165, 1.54) is 41.2 Å². The lowest BCUT2D eigenvalue weighted by Crippen LogP contribution is -2.52. The van der Waals surface area contributed by atoms with Gasteiger partial charge in [-0.05, 0) is 48.9 Å². The quantitative estimate of drug-likeness (QED) is 0.543. The van der Waals surface area contributed by atoms with Crippen molar-refractivity contribution >= 4 is 23.6 Å². The Bertz CT molecular complexity index is 972. The second-order valence-corrected chi connectivity index (χ2v) is 7.73. The Morgan fingerprint density at radius 3 is 2.58 bits per heavy atom. The van der Waals surface area contributed by atoms with Crippen molar-refractivity contribution < 1.29 is 28.6 Å². The maximum Gasteiger partial charge on any atom is 0.419 e. The lowest BCUT2D eigenvalue weighted by Gasteiger charge is -2.40. The minimum Gasteiger partial charge on any atom is -0.452 e. The van der Waals surface area contributed by atoms with Crippen molar-refractivity contribution in [1.82, 2.24) is 5.32 Å². The van der Waals surface area contributed by atoms with Crippen molar-refractivity contribution in [3.8, 4) is 5.75 Å². The van der Waals surface area contributed by atoms with Crippen molar-refractivity contribution in [3.63, 3.8) is 0 Å². The number of hydrogen-bond acceptors (Lipinski definition) is 7. The summed E-state index contributed by atoms with van der Waals surface area (Å²) in [6.45, 7) is 3.29. The summed E-state index contributed by atoms with van der Waals surface area (Å²) in [5.41, 5.74) is 7.81. The summed E-state index contributed by atoms with van der Waals surface area (Å²) in [5, 5.41) is 12.1. The summed E-state index contributed by atoms with van der Waals surface area (Å²) in [6, 6.07) is 10.2. The van der Waals surface area contributed by atoms with E-state index in [1.807, 2.05) is 6.07 Å². The van der Waals surface area contributed by atoms with Crippen LogP contribution in [0.2, 0.25) is 0 Å². The lowest BCUT2D eigenvalue weighted by molar-refractivity contribution is 0.175. The first-order chi connectivity index (χ1) is 15.9. The zero-order chi connectivity index (χ0) is 24.0. The average Bonchev–Trinajstić information content (AvgIpc) is 2.82. The van der Waals surface area contributed by atoms with Gasteiger partial charge in [-0.15, -0.1) is 0 Å². The number of nitrogens with two attached hydrogens (primary N) is 1. The molecule has 0 radical (unpaired) electrons. The van der Waals surface area contributed by atoms with Crippen molar-refractivity contribution in [2.75, 3.05) is 49.7 Å². The SMILES string of the molecule is COC(=O)N1c2ccc(C(CN)CNCCO)cc2N(C(=O)Oc2ccc(F)cc2)C[C@@H]1C. The summed E-state index contributed by atoms with van der Waals surface area (Å²) in [5.74, 6) is -0.314. The Hall–Kier alpha value is -3.21. The molecule has 10 heteroatoms. The van der Waals surface area contributed by atoms with Crippen LogP contribution in [0.15, 0.2) is 42.5 Å². The van der Waals surface area contributed by atoms with Crippen LogP contribution in [0.5, 0.6) is 5.75 Å². The molecule has 1 unspecified atom stereocenters. The van der Waals surface area contributed by atoms with Gasteiger partial charge in [-0.3, -0.25) is 9.80 Å². The number of benzene rings is 2. The number of methoxy groups -OCH3 is 1. The van der Waals surface area contributed by atoms with E-state index in [0.29, 0.717) is 31.0 Å². The van der Waals surface area contributed by atoms with Gasteiger partial charge in [0.15, 0.2) is 0 Å². The molecule has 1 aliphatic heterocycles. The molecule has 0 fully saturated rings. The molecule has 178 valence electrons. The summed E-state index contributed by atoms with van der Waals surface area (Å²) >= 11 is 0. The van der Waals surface area contributed by atoms with Crippen LogP contribution in [0, 0.1) is 5.82 Å². The number of carbonyl (C=O) groups is 2. The molecule has 2 aromatic rings. The Balaban J connectivity index is 1.97. The highest BCUT2D eigenvalue weighted by molar-refractivity contribution is 6.01. The van der Waals surface area contributed by atoms with Crippen LogP contribution >= 0.6 is 0 Å². The number of rotatable bonds is 7. The molecule has 2 aromatic carbocycles. The topological polar surface area (TPSA) is 117 Å². The molecular weight excluding hydrogens is 431 g/mol. The zero-order valence-electron chi connectivity index (χ0n) is 18.7. The highest BCUT2D eigenvalue weighted by Gasteiger charge is 2.36. The Morgan fingerprint density at radius 2 is 1.94 bits per heavy atom. The third-order valence-corrected chi connectivity index (χ3v) is 5.48. The smallest absolute Gasteiger partial charge is 0.419 e. The third kappa shape index (κ3) is 5.59. The predicted molar refractivity (Wildman–Crippen MR) is 122 cm³/mol. The lowest BCUT2D eigenvalue weighted by atomic mass is 9.96. The van der Waals surface area contributed by atoms with E-state index in [-0.39, 0.29) is 30.9 Å². The first kappa shape index (κ1) is 24.4. The average molecular weight is 461 g/mol. The van der Waals surface area contributed by atoms with Crippen LogP contribution in [0.1, 0.15) is 18.4 Å². The number of anilines is 2. The highest BCUT2D eigenvalue weighted by atomic mass is 19.1. The fourth-order valence-corrected chi connectivity index (χ4v) is 3.80. The number of ether oxygens (including phenoxy) is 2. The molecule has 2 amide bonds. The number of hydrogen-bond donors (Lipinski definition) is 3. The van der Waals surface area contributed by atoms with Crippen molar-refractivity contribution in [2.24, 2.45) is 5.73 Å². The van der Waals surface area contributed by atoms with Crippen LogP contribution in [-0.4, -0.2) is 63.2 Å². The van der Waals surface area contributed by atoms with E-state index in [9.17, 15) is 14.0 Å². The fraction of sp³-hybridized carbons (Fsp3) is 0.391. The number of fused-ring (bicyclic) bond motifs is 1. The monoisotopic (exact) mass is 460 g/mol. The van der Waals surface area contributed by atoms with Gasteiger partial charge in [0.25, 0.3) is 0 Å². The third-order valence-electron chi connectivity index (χ3n) is 5.48. The Kier molecular flexibility index (Phi) is 8.21. The van der Waals surface area contributed by atoms with Crippen LogP contribution in [0.4, 0.5) is 25.4 Å². The summed E-state index contributed by atoms with van der Waals surface area (Å²) in [7, 11) is 1.30. The molecule has 4 N–H and O–H groups in total. The highest BCUT2D eigenvalue weighted by Crippen LogP contribution is 2.38. The number of nitrogens with one attached hydrogen (secondary N) is 1. The predicted octanol–water partition coefficient (Wildman–Crippen LogP) is 2.43. The van der Waals surface area contributed by atoms with Gasteiger partial charge in [-0.2, -0.15) is 0 Å². The molecule has 33 heavy (non-hydrogen) atoms. The molecule has 0 aliphatic carbocycles.